The molecular formula is C30H26F4N2O12P2. The van der Waals surface area contributed by atoms with Crippen LogP contribution in [0.4, 0.5) is 17.6 Å². The Balaban J connectivity index is 1.62. The summed E-state index contributed by atoms with van der Waals surface area (Å²) in [5.74, 6) is -4.46. The number of carboxylic acids is 1. The molecule has 4 rings (SSSR count). The average molecular weight is 744 g/mol. The summed E-state index contributed by atoms with van der Waals surface area (Å²) in [5, 5.41) is 14.4. The first-order valence-electron chi connectivity index (χ1n) is 14.0. The van der Waals surface area contributed by atoms with E-state index >= 15 is 0 Å². The lowest BCUT2D eigenvalue weighted by Crippen LogP contribution is -2.53. The van der Waals surface area contributed by atoms with Crippen molar-refractivity contribution >= 4 is 43.9 Å². The van der Waals surface area contributed by atoms with Gasteiger partial charge in [-0.3, -0.25) is 23.5 Å². The van der Waals surface area contributed by atoms with E-state index in [1.165, 1.54) is 18.2 Å². The zero-order valence-electron chi connectivity index (χ0n) is 25.1. The quantitative estimate of drug-likeness (QED) is 0.0770. The van der Waals surface area contributed by atoms with Crippen LogP contribution in [0, 0.1) is 0 Å². The molecule has 0 radical (unpaired) electrons. The van der Waals surface area contributed by atoms with E-state index < -0.39 is 91.5 Å². The maximum atomic E-state index is 14.2. The van der Waals surface area contributed by atoms with E-state index in [0.29, 0.717) is 24.3 Å². The number of nitrogens with one attached hydrogen (secondary N) is 2. The first-order chi connectivity index (χ1) is 23.1. The van der Waals surface area contributed by atoms with Crippen LogP contribution >= 0.6 is 15.2 Å². The number of carboxylic acid groups (broad SMARTS) is 1. The van der Waals surface area contributed by atoms with E-state index in [1.54, 1.807) is 6.07 Å². The second kappa shape index (κ2) is 14.3. The van der Waals surface area contributed by atoms with Crippen molar-refractivity contribution in [3.8, 4) is 0 Å². The minimum atomic E-state index is -5.91. The van der Waals surface area contributed by atoms with Gasteiger partial charge in [0.05, 0.1) is 5.39 Å². The van der Waals surface area contributed by atoms with E-state index in [2.05, 4.69) is 10.6 Å². The minimum Gasteiger partial charge on any atom is -0.480 e. The maximum absolute atomic E-state index is 14.2. The highest BCUT2D eigenvalue weighted by atomic mass is 31.2. The highest BCUT2D eigenvalue weighted by molar-refractivity contribution is 7.52. The SMILES string of the molecule is O=C(NC(Cc1ccc(C(F)(F)P(=O)(O)O)cc1)C(=O)NC(Cc1ccc(C(F)(F)P(=O)(O)O)cc1)C(=O)O)c1cc(=O)c2ccccc2o1. The topological polar surface area (TPSA) is 241 Å². The van der Waals surface area contributed by atoms with Gasteiger partial charge >= 0.3 is 32.5 Å². The number of rotatable bonds is 13. The molecule has 20 heteroatoms. The fraction of sp³-hybridized carbons (Fsp3) is 0.200. The first kappa shape index (κ1) is 38.1. The van der Waals surface area contributed by atoms with Crippen LogP contribution in [0.5, 0.6) is 0 Å². The Morgan fingerprint density at radius 2 is 1.18 bits per heavy atom. The molecule has 4 aromatic rings. The fourth-order valence-corrected chi connectivity index (χ4v) is 5.59. The molecule has 2 unspecified atom stereocenters. The van der Waals surface area contributed by atoms with Gasteiger partial charge in [0.1, 0.15) is 17.7 Å². The molecule has 2 amide bonds. The molecule has 266 valence electrons. The van der Waals surface area contributed by atoms with Gasteiger partial charge in [0.2, 0.25) is 5.91 Å². The molecule has 7 N–H and O–H groups in total. The highest BCUT2D eigenvalue weighted by Crippen LogP contribution is 2.60. The number of carbonyl (C=O) groups is 3. The van der Waals surface area contributed by atoms with Gasteiger partial charge in [-0.25, -0.2) is 4.79 Å². The predicted octanol–water partition coefficient (Wildman–Crippen LogP) is 3.40. The molecular weight excluding hydrogens is 718 g/mol. The number of para-hydroxylation sites is 1. The van der Waals surface area contributed by atoms with E-state index in [1.807, 2.05) is 0 Å². The largest absolute Gasteiger partial charge is 0.480 e. The third kappa shape index (κ3) is 8.35. The van der Waals surface area contributed by atoms with Crippen LogP contribution in [-0.4, -0.2) is 54.5 Å². The summed E-state index contributed by atoms with van der Waals surface area (Å²) in [6, 6.07) is 9.79. The third-order valence-electron chi connectivity index (χ3n) is 7.31. The van der Waals surface area contributed by atoms with Gasteiger partial charge in [0.15, 0.2) is 11.2 Å². The molecule has 0 saturated carbocycles. The molecule has 0 spiro atoms. The smallest absolute Gasteiger partial charge is 0.399 e. The van der Waals surface area contributed by atoms with Crippen molar-refractivity contribution in [2.75, 3.05) is 0 Å². The molecule has 1 aromatic heterocycles. The van der Waals surface area contributed by atoms with Gasteiger partial charge in [0, 0.05) is 30.0 Å². The van der Waals surface area contributed by atoms with Gasteiger partial charge in [-0.2, -0.15) is 17.6 Å². The van der Waals surface area contributed by atoms with Gasteiger partial charge in [0.25, 0.3) is 5.91 Å². The van der Waals surface area contributed by atoms with Crippen molar-refractivity contribution in [3.63, 3.8) is 0 Å². The van der Waals surface area contributed by atoms with Crippen molar-refractivity contribution < 1.29 is 70.2 Å². The Labute approximate surface area is 278 Å². The van der Waals surface area contributed by atoms with E-state index in [-0.39, 0.29) is 22.1 Å². The first-order valence-corrected chi connectivity index (χ1v) is 17.3. The summed E-state index contributed by atoms with van der Waals surface area (Å²) in [7, 11) is -11.8. The van der Waals surface area contributed by atoms with Crippen molar-refractivity contribution in [3.05, 3.63) is 117 Å². The average Bonchev–Trinajstić information content (AvgIpc) is 3.03. The highest BCUT2D eigenvalue weighted by Gasteiger charge is 2.51. The molecule has 3 aromatic carbocycles. The molecule has 0 aliphatic carbocycles. The summed E-state index contributed by atoms with van der Waals surface area (Å²) in [6.45, 7) is 0. The van der Waals surface area contributed by atoms with Crippen LogP contribution < -0.4 is 16.1 Å². The zero-order valence-corrected chi connectivity index (χ0v) is 26.9. The molecule has 0 bridgehead atoms. The second-order valence-electron chi connectivity index (χ2n) is 10.9. The van der Waals surface area contributed by atoms with Crippen molar-refractivity contribution in [1.82, 2.24) is 10.6 Å². The monoisotopic (exact) mass is 744 g/mol. The number of carbonyl (C=O) groups excluding carboxylic acids is 2. The Morgan fingerprint density at radius 1 is 0.720 bits per heavy atom. The number of hydrogen-bond donors (Lipinski definition) is 7. The molecule has 14 nitrogen and oxygen atoms in total. The van der Waals surface area contributed by atoms with Crippen LogP contribution in [0.25, 0.3) is 11.0 Å². The van der Waals surface area contributed by atoms with Gasteiger partial charge in [-0.05, 0) is 23.3 Å². The minimum absolute atomic E-state index is 0.0169. The molecule has 0 aliphatic rings. The van der Waals surface area contributed by atoms with Crippen molar-refractivity contribution in [2.45, 2.75) is 36.3 Å². The zero-order chi connectivity index (χ0) is 37.2. The van der Waals surface area contributed by atoms with E-state index in [0.717, 1.165) is 30.3 Å². The van der Waals surface area contributed by atoms with Gasteiger partial charge in [-0.15, -0.1) is 0 Å². The van der Waals surface area contributed by atoms with Gasteiger partial charge in [-0.1, -0.05) is 60.7 Å². The lowest BCUT2D eigenvalue weighted by atomic mass is 10.0. The number of benzene rings is 3. The number of amides is 2. The van der Waals surface area contributed by atoms with Crippen molar-refractivity contribution in [1.29, 1.82) is 0 Å². The Morgan fingerprint density at radius 3 is 1.64 bits per heavy atom. The molecule has 1 heterocycles. The second-order valence-corrected chi connectivity index (χ2v) is 14.2. The summed E-state index contributed by atoms with van der Waals surface area (Å²) < 4.78 is 84.3. The number of hydrogen-bond acceptors (Lipinski definition) is 7. The summed E-state index contributed by atoms with van der Waals surface area (Å²) in [6.07, 6.45) is -1.06. The molecule has 2 atom stereocenters. The lowest BCUT2D eigenvalue weighted by Gasteiger charge is -2.22. The number of aliphatic carboxylic acids is 1. The van der Waals surface area contributed by atoms with Crippen LogP contribution in [0.1, 0.15) is 32.8 Å². The van der Waals surface area contributed by atoms with Crippen LogP contribution in [0.3, 0.4) is 0 Å². The van der Waals surface area contributed by atoms with E-state index in [9.17, 15) is 51.0 Å². The third-order valence-corrected chi connectivity index (χ3v) is 9.29. The molecule has 0 fully saturated rings. The number of alkyl halides is 4. The summed E-state index contributed by atoms with van der Waals surface area (Å²) in [5.41, 5.74) is -11.7. The maximum Gasteiger partial charge on any atom is 0.399 e. The van der Waals surface area contributed by atoms with Crippen LogP contribution in [0.2, 0.25) is 0 Å². The Kier molecular flexibility index (Phi) is 10.9. The summed E-state index contributed by atoms with van der Waals surface area (Å²) in [4.78, 5) is 87.2. The predicted molar refractivity (Wildman–Crippen MR) is 165 cm³/mol. The molecule has 0 aliphatic heterocycles. The molecule has 50 heavy (non-hydrogen) atoms. The fourth-order valence-electron chi connectivity index (χ4n) is 4.62. The Hall–Kier alpha value is -4.70. The molecule has 0 saturated heterocycles. The van der Waals surface area contributed by atoms with Crippen LogP contribution in [-0.2, 0) is 42.9 Å². The van der Waals surface area contributed by atoms with Gasteiger partial charge < -0.3 is 39.7 Å². The Bertz CT molecular complexity index is 2080. The standard InChI is InChI=1S/C30H26F4N2O12P2/c31-29(32,49(42,43)44)18-9-5-16(6-10-18)13-21(35-27(39)25-15-23(37)20-3-1-2-4-24(20)48-25)26(38)36-22(28(40)41)14-17-7-11-19(12-8-17)30(33,34)50(45,46)47/h1-12,15,21-22H,13-14H2,(H,35,39)(H,36,38)(H,40,41)(H2,42,43,44)(H2,45,46,47). The van der Waals surface area contributed by atoms with E-state index in [4.69, 9.17) is 24.0 Å². The van der Waals surface area contributed by atoms with Crippen molar-refractivity contribution in [2.24, 2.45) is 0 Å². The number of fused-ring (bicyclic) bond motifs is 1. The lowest BCUT2D eigenvalue weighted by molar-refractivity contribution is -0.142. The normalized spacial score (nSPS) is 13.8. The van der Waals surface area contributed by atoms with Crippen LogP contribution in [0.15, 0.2) is 88.1 Å². The summed E-state index contributed by atoms with van der Waals surface area (Å²) >= 11 is 0. The number of halogens is 4.